The van der Waals surface area contributed by atoms with Crippen LogP contribution in [-0.4, -0.2) is 29.2 Å². The number of carboxylic acids is 1. The Hall–Kier alpha value is -1.59. The molecular weight excluding hydrogens is 270 g/mol. The zero-order chi connectivity index (χ0) is 14.0. The number of carbonyl (C=O) groups excluding carboxylic acids is 1. The summed E-state index contributed by atoms with van der Waals surface area (Å²) in [5.41, 5.74) is 0.357. The average Bonchev–Trinajstić information content (AvgIpc) is 2.78. The van der Waals surface area contributed by atoms with Gasteiger partial charge >= 0.3 is 5.97 Å². The molecule has 2 atom stereocenters. The van der Waals surface area contributed by atoms with Gasteiger partial charge in [0, 0.05) is 0 Å². The van der Waals surface area contributed by atoms with E-state index < -0.39 is 12.1 Å². The van der Waals surface area contributed by atoms with Crippen molar-refractivity contribution in [3.8, 4) is 0 Å². The molecule has 0 saturated carbocycles. The van der Waals surface area contributed by atoms with E-state index in [4.69, 9.17) is 21.4 Å². The van der Waals surface area contributed by atoms with E-state index in [2.05, 4.69) is 5.32 Å². The number of ether oxygens (including phenoxy) is 1. The Balaban J connectivity index is 2.12. The van der Waals surface area contributed by atoms with Crippen LogP contribution in [0.3, 0.4) is 0 Å². The SMILES string of the molecule is CC1CCC(C(=O)Nc2cc(C(=O)O)ccc2Cl)O1. The van der Waals surface area contributed by atoms with Crippen molar-refractivity contribution in [2.75, 3.05) is 5.32 Å². The summed E-state index contributed by atoms with van der Waals surface area (Å²) in [6, 6.07) is 4.16. The lowest BCUT2D eigenvalue weighted by atomic mass is 10.1. The Morgan fingerprint density at radius 2 is 2.16 bits per heavy atom. The molecule has 0 spiro atoms. The maximum Gasteiger partial charge on any atom is 0.335 e. The molecule has 0 radical (unpaired) electrons. The van der Waals surface area contributed by atoms with Crippen LogP contribution in [0.25, 0.3) is 0 Å². The molecule has 6 heteroatoms. The molecule has 1 aromatic rings. The monoisotopic (exact) mass is 283 g/mol. The third-order valence-corrected chi connectivity index (χ3v) is 3.33. The van der Waals surface area contributed by atoms with Crippen LogP contribution in [0, 0.1) is 0 Å². The van der Waals surface area contributed by atoms with Gasteiger partial charge in [0.05, 0.1) is 22.4 Å². The fourth-order valence-corrected chi connectivity index (χ4v) is 2.13. The van der Waals surface area contributed by atoms with Gasteiger partial charge in [-0.15, -0.1) is 0 Å². The highest BCUT2D eigenvalue weighted by atomic mass is 35.5. The maximum absolute atomic E-state index is 12.0. The summed E-state index contributed by atoms with van der Waals surface area (Å²) in [6.45, 7) is 1.91. The van der Waals surface area contributed by atoms with Crippen LogP contribution in [0.15, 0.2) is 18.2 Å². The van der Waals surface area contributed by atoms with Crippen LogP contribution < -0.4 is 5.32 Å². The molecule has 1 fully saturated rings. The van der Waals surface area contributed by atoms with Gasteiger partial charge in [0.25, 0.3) is 5.91 Å². The number of hydrogen-bond donors (Lipinski definition) is 2. The average molecular weight is 284 g/mol. The normalized spacial score (nSPS) is 22.2. The number of amides is 1. The van der Waals surface area contributed by atoms with E-state index in [1.807, 2.05) is 6.92 Å². The van der Waals surface area contributed by atoms with E-state index in [1.165, 1.54) is 18.2 Å². The standard InChI is InChI=1S/C13H14ClNO4/c1-7-2-5-11(19-7)12(16)15-10-6-8(13(17)18)3-4-9(10)14/h3-4,6-7,11H,2,5H2,1H3,(H,15,16)(H,17,18). The summed E-state index contributed by atoms with van der Waals surface area (Å²) in [4.78, 5) is 22.8. The van der Waals surface area contributed by atoms with Gasteiger partial charge in [0.15, 0.2) is 0 Å². The van der Waals surface area contributed by atoms with Gasteiger partial charge in [0.1, 0.15) is 6.10 Å². The van der Waals surface area contributed by atoms with Crippen molar-refractivity contribution in [3.63, 3.8) is 0 Å². The van der Waals surface area contributed by atoms with E-state index in [1.54, 1.807) is 0 Å². The molecule has 0 aliphatic carbocycles. The van der Waals surface area contributed by atoms with Crippen molar-refractivity contribution in [2.24, 2.45) is 0 Å². The zero-order valence-electron chi connectivity index (χ0n) is 10.4. The fourth-order valence-electron chi connectivity index (χ4n) is 1.96. The van der Waals surface area contributed by atoms with Gasteiger partial charge in [0.2, 0.25) is 0 Å². The second kappa shape index (κ2) is 5.59. The molecule has 2 rings (SSSR count). The minimum atomic E-state index is -1.07. The summed E-state index contributed by atoms with van der Waals surface area (Å²) in [6.07, 6.45) is 1.06. The van der Waals surface area contributed by atoms with Crippen LogP contribution in [0.5, 0.6) is 0 Å². The number of aromatic carboxylic acids is 1. The number of halogens is 1. The molecule has 0 bridgehead atoms. The topological polar surface area (TPSA) is 75.6 Å². The Bertz CT molecular complexity index is 517. The molecule has 1 heterocycles. The number of rotatable bonds is 3. The van der Waals surface area contributed by atoms with Gasteiger partial charge < -0.3 is 15.2 Å². The number of carbonyl (C=O) groups is 2. The van der Waals surface area contributed by atoms with E-state index in [-0.39, 0.29) is 23.3 Å². The predicted octanol–water partition coefficient (Wildman–Crippen LogP) is 2.54. The fraction of sp³-hybridized carbons (Fsp3) is 0.385. The van der Waals surface area contributed by atoms with Crippen LogP contribution >= 0.6 is 11.6 Å². The molecule has 5 nitrogen and oxygen atoms in total. The second-order valence-electron chi connectivity index (χ2n) is 4.50. The van der Waals surface area contributed by atoms with Crippen molar-refractivity contribution in [2.45, 2.75) is 32.0 Å². The number of carboxylic acid groups (broad SMARTS) is 1. The van der Waals surface area contributed by atoms with Gasteiger partial charge in [-0.2, -0.15) is 0 Å². The van der Waals surface area contributed by atoms with E-state index in [0.29, 0.717) is 11.4 Å². The summed E-state index contributed by atoms with van der Waals surface area (Å²) >= 11 is 5.93. The summed E-state index contributed by atoms with van der Waals surface area (Å²) in [7, 11) is 0. The Kier molecular flexibility index (Phi) is 4.07. The van der Waals surface area contributed by atoms with E-state index in [0.717, 1.165) is 6.42 Å². The molecule has 1 aliphatic rings. The van der Waals surface area contributed by atoms with Crippen molar-refractivity contribution in [1.82, 2.24) is 0 Å². The molecule has 1 aromatic carbocycles. The van der Waals surface area contributed by atoms with Crippen molar-refractivity contribution in [1.29, 1.82) is 0 Å². The lowest BCUT2D eigenvalue weighted by molar-refractivity contribution is -0.126. The molecule has 1 amide bonds. The van der Waals surface area contributed by atoms with Crippen molar-refractivity contribution in [3.05, 3.63) is 28.8 Å². The Morgan fingerprint density at radius 3 is 2.74 bits per heavy atom. The smallest absolute Gasteiger partial charge is 0.335 e. The van der Waals surface area contributed by atoms with Crippen LogP contribution in [-0.2, 0) is 9.53 Å². The van der Waals surface area contributed by atoms with Crippen LogP contribution in [0.1, 0.15) is 30.1 Å². The van der Waals surface area contributed by atoms with Gasteiger partial charge in [-0.1, -0.05) is 11.6 Å². The summed E-state index contributed by atoms with van der Waals surface area (Å²) in [5.74, 6) is -1.37. The van der Waals surface area contributed by atoms with Gasteiger partial charge in [-0.3, -0.25) is 4.79 Å². The van der Waals surface area contributed by atoms with E-state index >= 15 is 0 Å². The van der Waals surface area contributed by atoms with Gasteiger partial charge in [-0.25, -0.2) is 4.79 Å². The van der Waals surface area contributed by atoms with Gasteiger partial charge in [-0.05, 0) is 38.0 Å². The first-order chi connectivity index (χ1) is 8.97. The summed E-state index contributed by atoms with van der Waals surface area (Å²) in [5, 5.41) is 11.8. The maximum atomic E-state index is 12.0. The molecule has 102 valence electrons. The minimum Gasteiger partial charge on any atom is -0.478 e. The largest absolute Gasteiger partial charge is 0.478 e. The highest BCUT2D eigenvalue weighted by molar-refractivity contribution is 6.33. The molecule has 1 saturated heterocycles. The van der Waals surface area contributed by atoms with Crippen molar-refractivity contribution >= 4 is 29.2 Å². The lowest BCUT2D eigenvalue weighted by Gasteiger charge is -2.13. The summed E-state index contributed by atoms with van der Waals surface area (Å²) < 4.78 is 5.44. The number of hydrogen-bond acceptors (Lipinski definition) is 3. The Morgan fingerprint density at radius 1 is 1.42 bits per heavy atom. The molecule has 19 heavy (non-hydrogen) atoms. The second-order valence-corrected chi connectivity index (χ2v) is 4.91. The highest BCUT2D eigenvalue weighted by Crippen LogP contribution is 2.25. The molecule has 0 aromatic heterocycles. The Labute approximate surface area is 115 Å². The third kappa shape index (κ3) is 3.24. The quantitative estimate of drug-likeness (QED) is 0.894. The number of nitrogens with one attached hydrogen (secondary N) is 1. The molecule has 1 aliphatic heterocycles. The lowest BCUT2D eigenvalue weighted by Crippen LogP contribution is -2.27. The highest BCUT2D eigenvalue weighted by Gasteiger charge is 2.28. The third-order valence-electron chi connectivity index (χ3n) is 3.00. The first-order valence-electron chi connectivity index (χ1n) is 5.96. The number of anilines is 1. The molecule has 2 N–H and O–H groups in total. The molecule has 2 unspecified atom stereocenters. The van der Waals surface area contributed by atoms with Crippen LogP contribution in [0.4, 0.5) is 5.69 Å². The number of benzene rings is 1. The predicted molar refractivity (Wildman–Crippen MR) is 70.6 cm³/mol. The first-order valence-corrected chi connectivity index (χ1v) is 6.34. The van der Waals surface area contributed by atoms with Crippen LogP contribution in [0.2, 0.25) is 5.02 Å². The van der Waals surface area contributed by atoms with Crippen molar-refractivity contribution < 1.29 is 19.4 Å². The van der Waals surface area contributed by atoms with E-state index in [9.17, 15) is 9.59 Å². The minimum absolute atomic E-state index is 0.0663. The first kappa shape index (κ1) is 13.8. The zero-order valence-corrected chi connectivity index (χ0v) is 11.1. The molecular formula is C13H14ClNO4.